The van der Waals surface area contributed by atoms with E-state index in [1.807, 2.05) is 19.1 Å². The van der Waals surface area contributed by atoms with Crippen molar-refractivity contribution in [1.82, 2.24) is 10.2 Å². The zero-order valence-electron chi connectivity index (χ0n) is 22.6. The first-order chi connectivity index (χ1) is 18.1. The van der Waals surface area contributed by atoms with Gasteiger partial charge in [-0.25, -0.2) is 0 Å². The van der Waals surface area contributed by atoms with E-state index >= 15 is 0 Å². The number of aliphatic imine (C=N–C) groups is 1. The molecule has 1 aromatic carbocycles. The number of aliphatic hydroxyl groups excluding tert-OH is 1. The van der Waals surface area contributed by atoms with Crippen LogP contribution in [0.2, 0.25) is 0 Å². The highest BCUT2D eigenvalue weighted by Gasteiger charge is 2.27. The van der Waals surface area contributed by atoms with Gasteiger partial charge in [-0.1, -0.05) is 48.6 Å². The third kappa shape index (κ3) is 8.26. The van der Waals surface area contributed by atoms with Gasteiger partial charge in [0.1, 0.15) is 6.10 Å². The number of likely N-dealkylation sites (N-methyl/N-ethyl adjacent to an activating group) is 1. The molecule has 1 aromatic rings. The SMILES string of the molecule is C=C/C(=C\C=C(/COCC(O)COS(=O)(=O)c1ccc(C)cc1)NC)C1=N[C@H]2CC=C(N(C)C)CC2C=C1. The molecule has 2 N–H and O–H groups in total. The van der Waals surface area contributed by atoms with Gasteiger partial charge in [0.15, 0.2) is 0 Å². The average molecular weight is 542 g/mol. The molecular weight excluding hydrogens is 502 g/mol. The number of benzene rings is 1. The molecule has 3 rings (SSSR count). The van der Waals surface area contributed by atoms with Crippen LogP contribution in [-0.2, 0) is 19.0 Å². The van der Waals surface area contributed by atoms with Crippen molar-refractivity contribution in [3.63, 3.8) is 0 Å². The Morgan fingerprint density at radius 3 is 2.66 bits per heavy atom. The summed E-state index contributed by atoms with van der Waals surface area (Å²) in [5, 5.41) is 13.2. The number of fused-ring (bicyclic) bond motifs is 1. The van der Waals surface area contributed by atoms with E-state index in [1.54, 1.807) is 25.3 Å². The molecule has 2 unspecified atom stereocenters. The number of hydrogen-bond acceptors (Lipinski definition) is 8. The van der Waals surface area contributed by atoms with Crippen LogP contribution in [0.5, 0.6) is 0 Å². The van der Waals surface area contributed by atoms with Crippen LogP contribution in [0.3, 0.4) is 0 Å². The molecule has 2 aliphatic rings. The second-order valence-corrected chi connectivity index (χ2v) is 11.2. The first-order valence-electron chi connectivity index (χ1n) is 12.7. The largest absolute Gasteiger partial charge is 0.390 e. The van der Waals surface area contributed by atoms with Crippen molar-refractivity contribution in [1.29, 1.82) is 0 Å². The molecule has 3 atom stereocenters. The number of rotatable bonds is 13. The summed E-state index contributed by atoms with van der Waals surface area (Å²) in [5.41, 5.74) is 4.87. The van der Waals surface area contributed by atoms with Crippen LogP contribution in [0.4, 0.5) is 0 Å². The fourth-order valence-corrected chi connectivity index (χ4v) is 5.10. The molecule has 8 nitrogen and oxygen atoms in total. The molecular formula is C29H39N3O5S. The first-order valence-corrected chi connectivity index (χ1v) is 14.1. The molecule has 0 radical (unpaired) electrons. The average Bonchev–Trinajstić information content (AvgIpc) is 2.91. The van der Waals surface area contributed by atoms with Crippen molar-refractivity contribution in [2.24, 2.45) is 10.9 Å². The van der Waals surface area contributed by atoms with Gasteiger partial charge in [-0.05, 0) is 49.6 Å². The number of ether oxygens (including phenoxy) is 1. The Balaban J connectivity index is 1.52. The molecule has 0 spiro atoms. The highest BCUT2D eigenvalue weighted by atomic mass is 32.2. The fourth-order valence-electron chi connectivity index (χ4n) is 4.16. The van der Waals surface area contributed by atoms with Crippen LogP contribution < -0.4 is 5.32 Å². The van der Waals surface area contributed by atoms with Gasteiger partial charge < -0.3 is 20.1 Å². The summed E-state index contributed by atoms with van der Waals surface area (Å²) in [7, 11) is 1.99. The van der Waals surface area contributed by atoms with Crippen molar-refractivity contribution in [3.05, 3.63) is 89.8 Å². The molecule has 0 saturated carbocycles. The van der Waals surface area contributed by atoms with Gasteiger partial charge >= 0.3 is 0 Å². The van der Waals surface area contributed by atoms with E-state index < -0.39 is 22.8 Å². The lowest BCUT2D eigenvalue weighted by Gasteiger charge is -2.32. The topological polar surface area (TPSA) is 100 Å². The number of dihydropyridines is 1. The molecule has 0 fully saturated rings. The maximum absolute atomic E-state index is 12.3. The molecule has 0 amide bonds. The second kappa shape index (κ2) is 13.7. The van der Waals surface area contributed by atoms with Crippen LogP contribution in [-0.4, -0.2) is 77.2 Å². The monoisotopic (exact) mass is 541 g/mol. The Labute approximate surface area is 226 Å². The highest BCUT2D eigenvalue weighted by Crippen LogP contribution is 2.32. The summed E-state index contributed by atoms with van der Waals surface area (Å²) >= 11 is 0. The predicted octanol–water partition coefficient (Wildman–Crippen LogP) is 3.53. The summed E-state index contributed by atoms with van der Waals surface area (Å²) in [5.74, 6) is 0.409. The molecule has 1 heterocycles. The predicted molar refractivity (Wildman–Crippen MR) is 151 cm³/mol. The lowest BCUT2D eigenvalue weighted by atomic mass is 9.84. The van der Waals surface area contributed by atoms with Gasteiger partial charge in [-0.2, -0.15) is 8.42 Å². The molecule has 0 saturated heterocycles. The lowest BCUT2D eigenvalue weighted by molar-refractivity contribution is 0.0199. The van der Waals surface area contributed by atoms with E-state index in [1.165, 1.54) is 17.8 Å². The molecule has 206 valence electrons. The van der Waals surface area contributed by atoms with Crippen LogP contribution in [0.25, 0.3) is 0 Å². The van der Waals surface area contributed by atoms with Crippen molar-refractivity contribution < 1.29 is 22.4 Å². The lowest BCUT2D eigenvalue weighted by Crippen LogP contribution is -2.29. The number of hydrogen-bond donors (Lipinski definition) is 2. The first kappa shape index (κ1) is 29.6. The fraction of sp³-hybridized carbons (Fsp3) is 0.414. The Morgan fingerprint density at radius 2 is 2.00 bits per heavy atom. The van der Waals surface area contributed by atoms with Gasteiger partial charge in [0.2, 0.25) is 0 Å². The van der Waals surface area contributed by atoms with Crippen LogP contribution in [0, 0.1) is 12.8 Å². The normalized spacial score (nSPS) is 20.8. The minimum atomic E-state index is -3.94. The molecule has 38 heavy (non-hydrogen) atoms. The third-order valence-electron chi connectivity index (χ3n) is 6.51. The van der Waals surface area contributed by atoms with Crippen LogP contribution in [0.15, 0.2) is 94.2 Å². The number of allylic oxidation sites excluding steroid dienone is 6. The zero-order valence-corrected chi connectivity index (χ0v) is 23.4. The number of aryl methyl sites for hydroxylation is 1. The Morgan fingerprint density at radius 1 is 1.26 bits per heavy atom. The summed E-state index contributed by atoms with van der Waals surface area (Å²) in [4.78, 5) is 7.19. The number of nitrogens with one attached hydrogen (secondary N) is 1. The van der Waals surface area contributed by atoms with E-state index in [9.17, 15) is 13.5 Å². The van der Waals surface area contributed by atoms with Gasteiger partial charge in [0.05, 0.1) is 36.5 Å². The van der Waals surface area contributed by atoms with Gasteiger partial charge in [-0.3, -0.25) is 9.18 Å². The Kier molecular flexibility index (Phi) is 10.7. The molecule has 1 aliphatic heterocycles. The van der Waals surface area contributed by atoms with E-state index in [0.29, 0.717) is 5.92 Å². The summed E-state index contributed by atoms with van der Waals surface area (Å²) in [6.07, 6.45) is 13.0. The maximum Gasteiger partial charge on any atom is 0.297 e. The van der Waals surface area contributed by atoms with Crippen molar-refractivity contribution >= 4 is 15.8 Å². The smallest absolute Gasteiger partial charge is 0.297 e. The van der Waals surface area contributed by atoms with E-state index in [0.717, 1.165) is 35.4 Å². The van der Waals surface area contributed by atoms with E-state index in [4.69, 9.17) is 13.9 Å². The Bertz CT molecular complexity index is 1230. The minimum Gasteiger partial charge on any atom is -0.390 e. The van der Waals surface area contributed by atoms with E-state index in [2.05, 4.69) is 49.1 Å². The summed E-state index contributed by atoms with van der Waals surface area (Å²) < 4.78 is 35.1. The molecule has 1 aliphatic carbocycles. The molecule has 9 heteroatoms. The van der Waals surface area contributed by atoms with E-state index in [-0.39, 0.29) is 24.2 Å². The molecule has 0 bridgehead atoms. The summed E-state index contributed by atoms with van der Waals surface area (Å²) in [6.45, 7) is 5.54. The van der Waals surface area contributed by atoms with Crippen molar-refractivity contribution in [2.75, 3.05) is 41.0 Å². The van der Waals surface area contributed by atoms with Crippen molar-refractivity contribution in [3.8, 4) is 0 Å². The molecule has 0 aromatic heterocycles. The van der Waals surface area contributed by atoms with Gasteiger partial charge in [0, 0.05) is 38.5 Å². The van der Waals surface area contributed by atoms with Gasteiger partial charge in [0.25, 0.3) is 10.1 Å². The maximum atomic E-state index is 12.3. The number of aliphatic hydroxyl groups is 1. The summed E-state index contributed by atoms with van der Waals surface area (Å²) in [6, 6.07) is 6.56. The standard InChI is InChI=1S/C29H39N3O5S/c1-6-22(28-15-10-23-17-25(32(4)5)12-16-29(23)31-28)9-11-24(30-3)18-36-19-26(33)20-37-38(34,35)27-13-7-21(2)8-14-27/h6-15,23,26,29-30,33H,1,16-20H2,2-5H3/b22-9+,24-11+/t23?,26?,29-/m0/s1. The van der Waals surface area contributed by atoms with Gasteiger partial charge in [-0.15, -0.1) is 0 Å². The van der Waals surface area contributed by atoms with Crippen LogP contribution in [0.1, 0.15) is 18.4 Å². The minimum absolute atomic E-state index is 0.0487. The quantitative estimate of drug-likeness (QED) is 0.291. The third-order valence-corrected chi connectivity index (χ3v) is 7.80. The number of nitrogens with zero attached hydrogens (tertiary/aromatic N) is 2. The van der Waals surface area contributed by atoms with Crippen molar-refractivity contribution in [2.45, 2.75) is 36.8 Å². The zero-order chi connectivity index (χ0) is 27.7. The van der Waals surface area contributed by atoms with Crippen LogP contribution >= 0.6 is 0 Å². The second-order valence-electron chi connectivity index (χ2n) is 9.62. The highest BCUT2D eigenvalue weighted by molar-refractivity contribution is 7.86. The Hall–Kier alpha value is -2.98.